The van der Waals surface area contributed by atoms with E-state index in [9.17, 15) is 4.79 Å². The molecular formula is C11H22N2O3. The van der Waals surface area contributed by atoms with Crippen LogP contribution in [0.3, 0.4) is 0 Å². The van der Waals surface area contributed by atoms with E-state index >= 15 is 0 Å². The Morgan fingerprint density at radius 3 is 2.69 bits per heavy atom. The minimum atomic E-state index is -0.264. The van der Waals surface area contributed by atoms with Gasteiger partial charge in [-0.1, -0.05) is 0 Å². The van der Waals surface area contributed by atoms with Crippen LogP contribution in [0.15, 0.2) is 0 Å². The number of carbonyl (C=O) groups excluding carboxylic acids is 1. The molecule has 0 bridgehead atoms. The summed E-state index contributed by atoms with van der Waals surface area (Å²) in [5.41, 5.74) is 5.26. The fraction of sp³-hybridized carbons (Fsp3) is 0.909. The van der Waals surface area contributed by atoms with Gasteiger partial charge in [-0.15, -0.1) is 0 Å². The molecule has 1 fully saturated rings. The fourth-order valence-corrected chi connectivity index (χ4v) is 1.92. The molecule has 5 nitrogen and oxygen atoms in total. The van der Waals surface area contributed by atoms with Crippen molar-refractivity contribution in [2.45, 2.75) is 38.3 Å². The molecule has 0 aromatic carbocycles. The maximum Gasteiger partial charge on any atom is 0.234 e. The number of aliphatic hydroxyl groups is 1. The van der Waals surface area contributed by atoms with Gasteiger partial charge in [0.15, 0.2) is 0 Å². The highest BCUT2D eigenvalue weighted by molar-refractivity contribution is 5.79. The Hall–Kier alpha value is -0.650. The van der Waals surface area contributed by atoms with Crippen molar-refractivity contribution in [3.8, 4) is 0 Å². The Balaban J connectivity index is 2.20. The normalized spacial score (nSPS) is 20.9. The van der Waals surface area contributed by atoms with Crippen molar-refractivity contribution in [3.05, 3.63) is 0 Å². The molecule has 1 heterocycles. The zero-order chi connectivity index (χ0) is 12.0. The molecule has 5 heteroatoms. The van der Waals surface area contributed by atoms with Crippen LogP contribution in [0.2, 0.25) is 0 Å². The molecule has 1 aliphatic heterocycles. The van der Waals surface area contributed by atoms with Gasteiger partial charge in [0, 0.05) is 26.3 Å². The summed E-state index contributed by atoms with van der Waals surface area (Å²) in [6.45, 7) is 4.35. The first-order valence-electron chi connectivity index (χ1n) is 5.91. The van der Waals surface area contributed by atoms with Gasteiger partial charge in [-0.05, 0) is 26.2 Å². The molecule has 0 spiro atoms. The number of rotatable bonds is 6. The maximum atomic E-state index is 11.0. The molecule has 1 rings (SSSR count). The molecule has 3 N–H and O–H groups in total. The van der Waals surface area contributed by atoms with E-state index in [4.69, 9.17) is 15.6 Å². The van der Waals surface area contributed by atoms with Crippen LogP contribution in [-0.4, -0.2) is 54.4 Å². The molecule has 0 saturated carbocycles. The summed E-state index contributed by atoms with van der Waals surface area (Å²) in [6.07, 6.45) is 2.83. The van der Waals surface area contributed by atoms with Gasteiger partial charge in [0.25, 0.3) is 0 Å². The number of likely N-dealkylation sites (tertiary alicyclic amines) is 1. The van der Waals surface area contributed by atoms with E-state index in [1.165, 1.54) is 0 Å². The van der Waals surface area contributed by atoms with Crippen LogP contribution in [-0.2, 0) is 9.53 Å². The molecule has 94 valence electrons. The summed E-state index contributed by atoms with van der Waals surface area (Å²) >= 11 is 0. The summed E-state index contributed by atoms with van der Waals surface area (Å²) in [7, 11) is 0. The minimum absolute atomic E-state index is 0.178. The highest BCUT2D eigenvalue weighted by Gasteiger charge is 2.25. The van der Waals surface area contributed by atoms with Gasteiger partial charge in [-0.3, -0.25) is 9.69 Å². The molecule has 0 aromatic rings. The average Bonchev–Trinajstić information content (AvgIpc) is 2.29. The van der Waals surface area contributed by atoms with E-state index in [1.807, 2.05) is 6.92 Å². The topological polar surface area (TPSA) is 75.8 Å². The minimum Gasteiger partial charge on any atom is -0.396 e. The number of nitrogens with two attached hydrogens (primary N) is 1. The smallest absolute Gasteiger partial charge is 0.234 e. The van der Waals surface area contributed by atoms with Gasteiger partial charge >= 0.3 is 0 Å². The van der Waals surface area contributed by atoms with Crippen molar-refractivity contribution >= 4 is 5.91 Å². The molecule has 16 heavy (non-hydrogen) atoms. The average molecular weight is 230 g/mol. The quantitative estimate of drug-likeness (QED) is 0.616. The first kappa shape index (κ1) is 13.4. The lowest BCUT2D eigenvalue weighted by Crippen LogP contribution is -2.47. The first-order chi connectivity index (χ1) is 7.65. The summed E-state index contributed by atoms with van der Waals surface area (Å²) < 4.78 is 5.61. The Morgan fingerprint density at radius 1 is 1.56 bits per heavy atom. The summed E-state index contributed by atoms with van der Waals surface area (Å²) in [6, 6.07) is -0.182. The SMILES string of the molecule is CC(C(N)=O)N1CCC(OCCCO)CC1. The van der Waals surface area contributed by atoms with Gasteiger partial charge < -0.3 is 15.6 Å². The van der Waals surface area contributed by atoms with Crippen molar-refractivity contribution in [2.75, 3.05) is 26.3 Å². The van der Waals surface area contributed by atoms with E-state index in [0.717, 1.165) is 25.9 Å². The lowest BCUT2D eigenvalue weighted by Gasteiger charge is -2.34. The number of nitrogens with zero attached hydrogens (tertiary/aromatic N) is 1. The van der Waals surface area contributed by atoms with Gasteiger partial charge in [-0.2, -0.15) is 0 Å². The van der Waals surface area contributed by atoms with Crippen molar-refractivity contribution < 1.29 is 14.6 Å². The number of hydrogen-bond acceptors (Lipinski definition) is 4. The van der Waals surface area contributed by atoms with Crippen molar-refractivity contribution in [3.63, 3.8) is 0 Å². The van der Waals surface area contributed by atoms with Crippen LogP contribution in [0.4, 0.5) is 0 Å². The predicted molar refractivity (Wildman–Crippen MR) is 60.9 cm³/mol. The molecule has 1 amide bonds. The maximum absolute atomic E-state index is 11.0. The van der Waals surface area contributed by atoms with Crippen molar-refractivity contribution in [1.29, 1.82) is 0 Å². The second-order valence-corrected chi connectivity index (χ2v) is 4.26. The van der Waals surface area contributed by atoms with Crippen LogP contribution in [0, 0.1) is 0 Å². The lowest BCUT2D eigenvalue weighted by molar-refractivity contribution is -0.123. The number of piperidine rings is 1. The van der Waals surface area contributed by atoms with Crippen LogP contribution < -0.4 is 5.73 Å². The number of primary amides is 1. The van der Waals surface area contributed by atoms with E-state index in [0.29, 0.717) is 13.0 Å². The van der Waals surface area contributed by atoms with Crippen molar-refractivity contribution in [2.24, 2.45) is 5.73 Å². The van der Waals surface area contributed by atoms with E-state index in [-0.39, 0.29) is 24.7 Å². The number of carbonyl (C=O) groups is 1. The highest BCUT2D eigenvalue weighted by atomic mass is 16.5. The second-order valence-electron chi connectivity index (χ2n) is 4.26. The number of hydrogen-bond donors (Lipinski definition) is 2. The van der Waals surface area contributed by atoms with E-state index in [1.54, 1.807) is 0 Å². The third-order valence-electron chi connectivity index (χ3n) is 3.09. The van der Waals surface area contributed by atoms with Gasteiger partial charge in [0.1, 0.15) is 0 Å². The van der Waals surface area contributed by atoms with Gasteiger partial charge in [0.2, 0.25) is 5.91 Å². The first-order valence-corrected chi connectivity index (χ1v) is 5.91. The molecular weight excluding hydrogens is 208 g/mol. The molecule has 1 saturated heterocycles. The zero-order valence-electron chi connectivity index (χ0n) is 9.89. The Kier molecular flexibility index (Phi) is 5.73. The van der Waals surface area contributed by atoms with Crippen LogP contribution in [0.1, 0.15) is 26.2 Å². The number of aliphatic hydroxyl groups excluding tert-OH is 1. The van der Waals surface area contributed by atoms with Crippen LogP contribution in [0.25, 0.3) is 0 Å². The molecule has 0 aromatic heterocycles. The fourth-order valence-electron chi connectivity index (χ4n) is 1.92. The highest BCUT2D eigenvalue weighted by Crippen LogP contribution is 2.15. The zero-order valence-corrected chi connectivity index (χ0v) is 9.89. The van der Waals surface area contributed by atoms with Crippen LogP contribution >= 0.6 is 0 Å². The number of amides is 1. The van der Waals surface area contributed by atoms with Gasteiger partial charge in [-0.25, -0.2) is 0 Å². The number of ether oxygens (including phenoxy) is 1. The molecule has 0 radical (unpaired) electrons. The second kappa shape index (κ2) is 6.83. The molecule has 1 aliphatic rings. The summed E-state index contributed by atoms with van der Waals surface area (Å²) in [5, 5.41) is 8.63. The molecule has 1 unspecified atom stereocenters. The lowest BCUT2D eigenvalue weighted by atomic mass is 10.1. The standard InChI is InChI=1S/C11H22N2O3/c1-9(11(12)15)13-5-3-10(4-6-13)16-8-2-7-14/h9-10,14H,2-8H2,1H3,(H2,12,15). The summed E-state index contributed by atoms with van der Waals surface area (Å²) in [4.78, 5) is 13.1. The van der Waals surface area contributed by atoms with E-state index in [2.05, 4.69) is 4.90 Å². The Morgan fingerprint density at radius 2 is 2.19 bits per heavy atom. The Labute approximate surface area is 96.6 Å². The van der Waals surface area contributed by atoms with Gasteiger partial charge in [0.05, 0.1) is 12.1 Å². The third kappa shape index (κ3) is 4.08. The third-order valence-corrected chi connectivity index (χ3v) is 3.09. The van der Waals surface area contributed by atoms with Crippen LogP contribution in [0.5, 0.6) is 0 Å². The predicted octanol–water partition coefficient (Wildman–Crippen LogP) is -0.276. The summed E-state index contributed by atoms with van der Waals surface area (Å²) in [5.74, 6) is -0.264. The largest absolute Gasteiger partial charge is 0.396 e. The Bertz CT molecular complexity index is 215. The monoisotopic (exact) mass is 230 g/mol. The van der Waals surface area contributed by atoms with Crippen molar-refractivity contribution in [1.82, 2.24) is 4.90 Å². The van der Waals surface area contributed by atoms with E-state index < -0.39 is 0 Å². The molecule has 1 atom stereocenters. The molecule has 0 aliphatic carbocycles.